The van der Waals surface area contributed by atoms with Crippen LogP contribution in [0, 0.1) is 17.5 Å². The van der Waals surface area contributed by atoms with Gasteiger partial charge in [0, 0.05) is 45.4 Å². The monoisotopic (exact) mass is 672 g/mol. The molecule has 5 rings (SSSR count). The molecule has 0 bridgehead atoms. The Labute approximate surface area is 268 Å². The molecule has 1 aromatic heterocycles. The quantitative estimate of drug-likeness (QED) is 0.271. The average Bonchev–Trinajstić information content (AvgIpc) is 3.73. The van der Waals surface area contributed by atoms with E-state index < -0.39 is 64.7 Å². The van der Waals surface area contributed by atoms with Crippen molar-refractivity contribution in [3.63, 3.8) is 0 Å². The molecule has 13 nitrogen and oxygen atoms in total. The minimum absolute atomic E-state index is 0.0273. The van der Waals surface area contributed by atoms with E-state index in [2.05, 4.69) is 15.6 Å². The Morgan fingerprint density at radius 3 is 2.46 bits per heavy atom. The van der Waals surface area contributed by atoms with E-state index >= 15 is 0 Å². The Kier molecular flexibility index (Phi) is 10.5. The van der Waals surface area contributed by atoms with E-state index in [-0.39, 0.29) is 55.2 Å². The minimum atomic E-state index is -1.63. The number of nitrogens with zero attached hydrogens (tertiary/aromatic N) is 5. The van der Waals surface area contributed by atoms with Gasteiger partial charge in [0.05, 0.1) is 18.4 Å². The molecule has 0 radical (unpaired) electrons. The molecule has 4 N–H and O–H groups in total. The van der Waals surface area contributed by atoms with E-state index in [1.54, 1.807) is 18.9 Å². The third-order valence-electron chi connectivity index (χ3n) is 8.85. The van der Waals surface area contributed by atoms with Gasteiger partial charge < -0.3 is 39.9 Å². The summed E-state index contributed by atoms with van der Waals surface area (Å²) in [6.45, 7) is 1.97. The van der Waals surface area contributed by atoms with E-state index in [1.807, 2.05) is 0 Å². The number of amides is 3. The lowest BCUT2D eigenvalue weighted by atomic mass is 9.87. The van der Waals surface area contributed by atoms with E-state index in [9.17, 15) is 38.1 Å². The third-order valence-corrected chi connectivity index (χ3v) is 10.4. The predicted octanol–water partition coefficient (Wildman–Crippen LogP) is 1.28. The van der Waals surface area contributed by atoms with Crippen LogP contribution in [0.5, 0.6) is 0 Å². The Hall–Kier alpha value is -2.96. The number of rotatable bonds is 10. The summed E-state index contributed by atoms with van der Waals surface area (Å²) in [6.07, 6.45) is -0.230. The highest BCUT2D eigenvalue weighted by Gasteiger charge is 2.53. The molecule has 2 aromatic rings. The number of likely N-dealkylation sites (tertiary alicyclic amines) is 1. The lowest BCUT2D eigenvalue weighted by molar-refractivity contribution is -0.186. The first-order valence-corrected chi connectivity index (χ1v) is 16.1. The van der Waals surface area contributed by atoms with Gasteiger partial charge in [0.15, 0.2) is 17.5 Å². The number of nitrogens with one attached hydrogen (secondary N) is 1. The van der Waals surface area contributed by atoms with E-state index in [1.165, 1.54) is 22.9 Å². The molecule has 17 heteroatoms. The summed E-state index contributed by atoms with van der Waals surface area (Å²) in [5.74, 6) is -4.84. The van der Waals surface area contributed by atoms with Crippen molar-refractivity contribution in [2.45, 2.75) is 79.3 Å². The van der Waals surface area contributed by atoms with Crippen LogP contribution < -0.4 is 5.32 Å². The molecule has 3 amide bonds. The van der Waals surface area contributed by atoms with Crippen LogP contribution in [0.2, 0.25) is 0 Å². The van der Waals surface area contributed by atoms with Gasteiger partial charge in [-0.1, -0.05) is 5.21 Å². The van der Waals surface area contributed by atoms with Gasteiger partial charge in [0.2, 0.25) is 5.91 Å². The number of carbonyl (C=O) groups is 2. The molecule has 6 atom stereocenters. The van der Waals surface area contributed by atoms with Crippen molar-refractivity contribution in [1.82, 2.24) is 30.1 Å². The zero-order valence-electron chi connectivity index (χ0n) is 25.7. The van der Waals surface area contributed by atoms with Crippen molar-refractivity contribution in [3.05, 3.63) is 35.8 Å². The summed E-state index contributed by atoms with van der Waals surface area (Å²) < 4.78 is 54.4. The zero-order chi connectivity index (χ0) is 33.3. The molecule has 2 saturated heterocycles. The van der Waals surface area contributed by atoms with Crippen LogP contribution in [0.15, 0.2) is 18.3 Å². The van der Waals surface area contributed by atoms with Crippen molar-refractivity contribution < 1.29 is 47.6 Å². The molecule has 0 spiro atoms. The largest absolute Gasteiger partial charge is 0.394 e. The van der Waals surface area contributed by atoms with Gasteiger partial charge in [-0.2, -0.15) is 0 Å². The van der Waals surface area contributed by atoms with Gasteiger partial charge in [-0.05, 0) is 44.7 Å². The molecule has 1 aliphatic carbocycles. The Morgan fingerprint density at radius 1 is 1.24 bits per heavy atom. The molecule has 1 aromatic carbocycles. The highest BCUT2D eigenvalue weighted by atomic mass is 32.2. The number of aliphatic hydroxyl groups excluding tert-OH is 2. The van der Waals surface area contributed by atoms with E-state index in [4.69, 9.17) is 9.47 Å². The summed E-state index contributed by atoms with van der Waals surface area (Å²) in [6, 6.07) is 0.414. The fourth-order valence-electron chi connectivity index (χ4n) is 5.74. The van der Waals surface area contributed by atoms with Gasteiger partial charge in [-0.3, -0.25) is 4.79 Å². The van der Waals surface area contributed by atoms with Crippen LogP contribution in [0.25, 0.3) is 11.3 Å². The van der Waals surface area contributed by atoms with Crippen LogP contribution in [-0.2, 0) is 14.3 Å². The van der Waals surface area contributed by atoms with Crippen LogP contribution in [0.4, 0.5) is 18.0 Å². The van der Waals surface area contributed by atoms with E-state index in [0.29, 0.717) is 6.54 Å². The number of methoxy groups -OCH3 is 1. The zero-order valence-corrected chi connectivity index (χ0v) is 26.5. The second-order valence-corrected chi connectivity index (χ2v) is 13.1. The third kappa shape index (κ3) is 6.99. The van der Waals surface area contributed by atoms with Gasteiger partial charge in [0.1, 0.15) is 40.7 Å². The van der Waals surface area contributed by atoms with Crippen molar-refractivity contribution in [3.8, 4) is 11.3 Å². The van der Waals surface area contributed by atoms with Gasteiger partial charge >= 0.3 is 6.03 Å². The maximum Gasteiger partial charge on any atom is 0.317 e. The van der Waals surface area contributed by atoms with Crippen molar-refractivity contribution in [2.24, 2.45) is 0 Å². The summed E-state index contributed by atoms with van der Waals surface area (Å²) in [7, 11) is 2.96. The van der Waals surface area contributed by atoms with Crippen molar-refractivity contribution in [2.75, 3.05) is 40.4 Å². The van der Waals surface area contributed by atoms with E-state index in [0.717, 1.165) is 36.7 Å². The average molecular weight is 673 g/mol. The minimum Gasteiger partial charge on any atom is -0.394 e. The summed E-state index contributed by atoms with van der Waals surface area (Å²) in [5, 5.41) is 43.1. The Morgan fingerprint density at radius 2 is 1.89 bits per heavy atom. The number of ether oxygens (including phenoxy) is 2. The summed E-state index contributed by atoms with van der Waals surface area (Å²) in [5.41, 5.74) is -2.71. The van der Waals surface area contributed by atoms with Crippen LogP contribution >= 0.6 is 11.8 Å². The number of hydrogen-bond donors (Lipinski definition) is 4. The summed E-state index contributed by atoms with van der Waals surface area (Å²) in [4.78, 5) is 29.5. The molecule has 3 aliphatic rings. The first-order chi connectivity index (χ1) is 21.9. The molecule has 1 saturated carbocycles. The fraction of sp³-hybridized carbons (Fsp3) is 0.655. The molecule has 46 heavy (non-hydrogen) atoms. The molecule has 0 unspecified atom stereocenters. The topological polar surface area (TPSA) is 163 Å². The highest BCUT2D eigenvalue weighted by Crippen LogP contribution is 2.43. The molecular formula is C29H39F3N6O7S. The maximum absolute atomic E-state index is 13.9. The number of aromatic nitrogens is 3. The number of benzene rings is 1. The lowest BCUT2D eigenvalue weighted by Gasteiger charge is -2.47. The number of aliphatic hydroxyl groups is 3. The Bertz CT molecular complexity index is 1390. The van der Waals surface area contributed by atoms with Crippen molar-refractivity contribution >= 4 is 23.7 Å². The number of carbonyl (C=O) groups excluding carboxylic acids is 2. The smallest absolute Gasteiger partial charge is 0.317 e. The normalized spacial score (nSPS) is 26.9. The number of piperidine rings is 1. The van der Waals surface area contributed by atoms with Crippen LogP contribution in [0.1, 0.15) is 38.6 Å². The van der Waals surface area contributed by atoms with Gasteiger partial charge in [-0.25, -0.2) is 22.6 Å². The molecule has 254 valence electrons. The van der Waals surface area contributed by atoms with Gasteiger partial charge in [-0.15, -0.1) is 16.9 Å². The molecule has 3 heterocycles. The molecular weight excluding hydrogens is 633 g/mol. The standard InChI is InChI=1S/C29H39F3N6O7S/c1-4-36(2)26(41)25(29(43)7-9-37(10-8-29)28(42)33-16-5-6-16)46-27-24(44-3)22(23(40)20(14-39)45-27)38-13-19(34-35-38)15-11-17(30)21(32)18(31)12-15/h11-13,16,20,22-25,27,39-40,43H,4-10,14H2,1-3H3,(H,33,42)/t20-,22+,23+,24-,25+,27+/m1/s1. The second kappa shape index (κ2) is 14.0. The highest BCUT2D eigenvalue weighted by molar-refractivity contribution is 8.01. The predicted molar refractivity (Wildman–Crippen MR) is 159 cm³/mol. The Balaban J connectivity index is 1.41. The summed E-state index contributed by atoms with van der Waals surface area (Å²) >= 11 is 0.982. The number of thioether (sulfide) groups is 1. The number of urea groups is 1. The number of hydrogen-bond acceptors (Lipinski definition) is 10. The first-order valence-electron chi connectivity index (χ1n) is 15.1. The second-order valence-electron chi connectivity index (χ2n) is 11.9. The van der Waals surface area contributed by atoms with Crippen LogP contribution in [-0.4, -0.2) is 133 Å². The SMILES string of the molecule is CCN(C)C(=O)[C@H](S[C@@H]1O[C@H](CO)[C@H](O)[C@H](n2cc(-c3cc(F)c(F)c(F)c3)nn2)[C@H]1OC)C1(O)CCN(C(=O)NC2CC2)CC1. The molecule has 3 fully saturated rings. The van der Waals surface area contributed by atoms with Crippen molar-refractivity contribution in [1.29, 1.82) is 0 Å². The number of halogens is 3. The lowest BCUT2D eigenvalue weighted by Crippen LogP contribution is -2.60. The van der Waals surface area contributed by atoms with Gasteiger partial charge in [0.25, 0.3) is 0 Å². The molecule has 2 aliphatic heterocycles. The first kappa shape index (κ1) is 34.4. The maximum atomic E-state index is 13.9. The van der Waals surface area contributed by atoms with Crippen LogP contribution in [0.3, 0.4) is 0 Å². The fourth-order valence-corrected chi connectivity index (χ4v) is 7.43.